The van der Waals surface area contributed by atoms with Gasteiger partial charge >= 0.3 is 5.97 Å². The Balaban J connectivity index is 2.06. The quantitative estimate of drug-likeness (QED) is 0.837. The number of carboxylic acids is 1. The Morgan fingerprint density at radius 2 is 1.80 bits per heavy atom. The molecule has 0 atom stereocenters. The lowest BCUT2D eigenvalue weighted by atomic mass is 10.2. The third kappa shape index (κ3) is 4.35. The van der Waals surface area contributed by atoms with Crippen LogP contribution in [-0.2, 0) is 11.3 Å². The maximum Gasteiger partial charge on any atom is 0.303 e. The van der Waals surface area contributed by atoms with Crippen LogP contribution in [0.3, 0.4) is 0 Å². The first kappa shape index (κ1) is 14.0. The zero-order valence-electron chi connectivity index (χ0n) is 11.1. The van der Waals surface area contributed by atoms with Gasteiger partial charge in [-0.05, 0) is 24.6 Å². The van der Waals surface area contributed by atoms with Gasteiger partial charge in [0.1, 0.15) is 5.82 Å². The third-order valence-electron chi connectivity index (χ3n) is 2.89. The molecule has 0 fully saturated rings. The summed E-state index contributed by atoms with van der Waals surface area (Å²) in [5.41, 5.74) is 1.05. The minimum absolute atomic E-state index is 0.166. The monoisotopic (exact) mass is 271 g/mol. The van der Waals surface area contributed by atoms with Gasteiger partial charge in [-0.15, -0.1) is 0 Å². The molecule has 1 aromatic carbocycles. The lowest BCUT2D eigenvalue weighted by Gasteiger charge is -2.23. The van der Waals surface area contributed by atoms with Crippen molar-refractivity contribution < 1.29 is 9.90 Å². The zero-order valence-corrected chi connectivity index (χ0v) is 11.1. The van der Waals surface area contributed by atoms with E-state index in [-0.39, 0.29) is 6.42 Å². The van der Waals surface area contributed by atoms with Gasteiger partial charge in [-0.3, -0.25) is 4.79 Å². The van der Waals surface area contributed by atoms with Crippen molar-refractivity contribution in [2.24, 2.45) is 0 Å². The van der Waals surface area contributed by atoms with E-state index in [1.807, 2.05) is 30.3 Å². The highest BCUT2D eigenvalue weighted by Gasteiger charge is 2.09. The van der Waals surface area contributed by atoms with Gasteiger partial charge < -0.3 is 10.0 Å². The molecule has 5 nitrogen and oxygen atoms in total. The molecule has 0 aliphatic rings. The Bertz CT molecular complexity index is 531. The summed E-state index contributed by atoms with van der Waals surface area (Å²) in [5.74, 6) is -0.0411. The van der Waals surface area contributed by atoms with Gasteiger partial charge in [0.15, 0.2) is 0 Å². The molecule has 0 radical (unpaired) electrons. The number of carbonyl (C=O) groups is 1. The van der Waals surface area contributed by atoms with Gasteiger partial charge in [0.25, 0.3) is 0 Å². The van der Waals surface area contributed by atoms with Crippen LogP contribution in [0.4, 0.5) is 5.69 Å². The molecular weight excluding hydrogens is 254 g/mol. The van der Waals surface area contributed by atoms with Gasteiger partial charge in [0.05, 0.1) is 6.54 Å². The second kappa shape index (κ2) is 7.23. The lowest BCUT2D eigenvalue weighted by Crippen LogP contribution is -2.25. The number of aromatic nitrogens is 2. The van der Waals surface area contributed by atoms with Gasteiger partial charge in [-0.2, -0.15) is 0 Å². The van der Waals surface area contributed by atoms with Crippen molar-refractivity contribution in [1.29, 1.82) is 0 Å². The van der Waals surface area contributed by atoms with E-state index >= 15 is 0 Å². The number of para-hydroxylation sites is 1. The molecule has 0 saturated heterocycles. The normalized spacial score (nSPS) is 10.2. The minimum Gasteiger partial charge on any atom is -0.481 e. The SMILES string of the molecule is O=C(O)CCCN(Cc1ncccn1)c1ccccc1. The summed E-state index contributed by atoms with van der Waals surface area (Å²) in [4.78, 5) is 21.2. The largest absolute Gasteiger partial charge is 0.481 e. The van der Waals surface area contributed by atoms with Crippen LogP contribution in [0.2, 0.25) is 0 Å². The molecule has 1 N–H and O–H groups in total. The van der Waals surface area contributed by atoms with Gasteiger partial charge in [-0.1, -0.05) is 18.2 Å². The number of hydrogen-bond acceptors (Lipinski definition) is 4. The third-order valence-corrected chi connectivity index (χ3v) is 2.89. The number of carboxylic acid groups (broad SMARTS) is 1. The summed E-state index contributed by atoms with van der Waals surface area (Å²) in [7, 11) is 0. The molecule has 0 unspecified atom stereocenters. The van der Waals surface area contributed by atoms with Crippen LogP contribution in [0, 0.1) is 0 Å². The molecule has 5 heteroatoms. The zero-order chi connectivity index (χ0) is 14.2. The summed E-state index contributed by atoms with van der Waals surface area (Å²) in [6, 6.07) is 11.7. The van der Waals surface area contributed by atoms with Crippen LogP contribution in [0.25, 0.3) is 0 Å². The minimum atomic E-state index is -0.769. The molecule has 0 bridgehead atoms. The van der Waals surface area contributed by atoms with E-state index in [2.05, 4.69) is 14.9 Å². The van der Waals surface area contributed by atoms with E-state index in [0.29, 0.717) is 19.5 Å². The van der Waals surface area contributed by atoms with E-state index in [4.69, 9.17) is 5.11 Å². The van der Waals surface area contributed by atoms with Crippen molar-refractivity contribution in [2.45, 2.75) is 19.4 Å². The first-order chi connectivity index (χ1) is 9.75. The molecule has 0 aliphatic heterocycles. The van der Waals surface area contributed by atoms with Gasteiger partial charge in [0, 0.05) is 31.0 Å². The molecule has 2 aromatic rings. The Morgan fingerprint density at radius 1 is 1.10 bits per heavy atom. The Kier molecular flexibility index (Phi) is 5.06. The molecule has 0 saturated carbocycles. The topological polar surface area (TPSA) is 66.3 Å². The summed E-state index contributed by atoms with van der Waals surface area (Å²) in [6.07, 6.45) is 4.18. The summed E-state index contributed by atoms with van der Waals surface area (Å²) in [5, 5.41) is 8.74. The first-order valence-corrected chi connectivity index (χ1v) is 6.53. The van der Waals surface area contributed by atoms with Gasteiger partial charge in [0.2, 0.25) is 0 Å². The average Bonchev–Trinajstić information content (AvgIpc) is 2.48. The van der Waals surface area contributed by atoms with Crippen LogP contribution in [0.5, 0.6) is 0 Å². The number of benzene rings is 1. The maximum absolute atomic E-state index is 10.6. The van der Waals surface area contributed by atoms with Crippen LogP contribution in [0.15, 0.2) is 48.8 Å². The summed E-state index contributed by atoms with van der Waals surface area (Å²) >= 11 is 0. The fraction of sp³-hybridized carbons (Fsp3) is 0.267. The number of nitrogens with zero attached hydrogens (tertiary/aromatic N) is 3. The second-order valence-corrected chi connectivity index (χ2v) is 4.42. The molecule has 0 spiro atoms. The standard InChI is InChI=1S/C15H17N3O2/c19-15(20)8-4-11-18(13-6-2-1-3-7-13)12-14-16-9-5-10-17-14/h1-3,5-7,9-10H,4,8,11-12H2,(H,19,20). The molecule has 0 aliphatic carbocycles. The van der Waals surface area contributed by atoms with Crippen LogP contribution < -0.4 is 4.90 Å². The highest BCUT2D eigenvalue weighted by atomic mass is 16.4. The van der Waals surface area contributed by atoms with Crippen LogP contribution >= 0.6 is 0 Å². The highest BCUT2D eigenvalue weighted by molar-refractivity contribution is 5.66. The van der Waals surface area contributed by atoms with E-state index < -0.39 is 5.97 Å². The number of hydrogen-bond donors (Lipinski definition) is 1. The second-order valence-electron chi connectivity index (χ2n) is 4.42. The summed E-state index contributed by atoms with van der Waals surface area (Å²) < 4.78 is 0. The van der Waals surface area contributed by atoms with Crippen LogP contribution in [-0.4, -0.2) is 27.6 Å². The van der Waals surface area contributed by atoms with Crippen molar-refractivity contribution in [3.8, 4) is 0 Å². The predicted molar refractivity (Wildman–Crippen MR) is 76.4 cm³/mol. The predicted octanol–water partition coefficient (Wildman–Crippen LogP) is 2.35. The Morgan fingerprint density at radius 3 is 2.45 bits per heavy atom. The van der Waals surface area contributed by atoms with E-state index in [9.17, 15) is 4.79 Å². The molecule has 1 aromatic heterocycles. The Labute approximate surface area is 117 Å². The highest BCUT2D eigenvalue weighted by Crippen LogP contribution is 2.16. The smallest absolute Gasteiger partial charge is 0.303 e. The Hall–Kier alpha value is -2.43. The number of aliphatic carboxylic acids is 1. The van der Waals surface area contributed by atoms with Gasteiger partial charge in [-0.25, -0.2) is 9.97 Å². The van der Waals surface area contributed by atoms with Crippen molar-refractivity contribution in [1.82, 2.24) is 9.97 Å². The van der Waals surface area contributed by atoms with Crippen molar-refractivity contribution >= 4 is 11.7 Å². The van der Waals surface area contributed by atoms with Crippen molar-refractivity contribution in [3.63, 3.8) is 0 Å². The van der Waals surface area contributed by atoms with E-state index in [1.165, 1.54) is 0 Å². The van der Waals surface area contributed by atoms with Crippen LogP contribution in [0.1, 0.15) is 18.7 Å². The molecule has 2 rings (SSSR count). The lowest BCUT2D eigenvalue weighted by molar-refractivity contribution is -0.137. The number of anilines is 1. The number of rotatable bonds is 7. The molecular formula is C15H17N3O2. The molecule has 20 heavy (non-hydrogen) atoms. The average molecular weight is 271 g/mol. The van der Waals surface area contributed by atoms with E-state index in [1.54, 1.807) is 18.5 Å². The van der Waals surface area contributed by atoms with Crippen molar-refractivity contribution in [3.05, 3.63) is 54.6 Å². The summed E-state index contributed by atoms with van der Waals surface area (Å²) in [6.45, 7) is 1.24. The molecule has 104 valence electrons. The van der Waals surface area contributed by atoms with E-state index in [0.717, 1.165) is 11.5 Å². The molecule has 0 amide bonds. The fourth-order valence-electron chi connectivity index (χ4n) is 1.94. The maximum atomic E-state index is 10.6. The van der Waals surface area contributed by atoms with Crippen molar-refractivity contribution in [2.75, 3.05) is 11.4 Å². The molecule has 1 heterocycles. The fourth-order valence-corrected chi connectivity index (χ4v) is 1.94. The first-order valence-electron chi connectivity index (χ1n) is 6.53.